The molecule has 0 bridgehead atoms. The quantitative estimate of drug-likeness (QED) is 0.213. The van der Waals surface area contributed by atoms with E-state index in [1.54, 1.807) is 80.4 Å². The molecule has 1 saturated heterocycles. The normalized spacial score (nSPS) is 13.8. The number of aromatic nitrogens is 2. The Hall–Kier alpha value is -5.01. The van der Waals surface area contributed by atoms with Gasteiger partial charge in [0.15, 0.2) is 11.5 Å². The van der Waals surface area contributed by atoms with Gasteiger partial charge in [-0.25, -0.2) is 9.18 Å². The molecular formula is C35H40ClFN8O4. The molecule has 0 unspecified atom stereocenters. The van der Waals surface area contributed by atoms with Crippen LogP contribution in [0.5, 0.6) is 0 Å². The Morgan fingerprint density at radius 3 is 2.39 bits per heavy atom. The smallest absolute Gasteiger partial charge is 0.321 e. The Bertz CT molecular complexity index is 1890. The molecule has 0 atom stereocenters. The molecule has 1 aliphatic heterocycles. The lowest BCUT2D eigenvalue weighted by molar-refractivity contribution is -0.137. The maximum absolute atomic E-state index is 15.5. The number of amides is 5. The van der Waals surface area contributed by atoms with Gasteiger partial charge in [-0.2, -0.15) is 5.10 Å². The first-order valence-corrected chi connectivity index (χ1v) is 16.4. The van der Waals surface area contributed by atoms with E-state index in [9.17, 15) is 19.2 Å². The molecule has 0 spiro atoms. The largest absolute Gasteiger partial charge is 0.364 e. The molecule has 4 aromatic rings. The summed E-state index contributed by atoms with van der Waals surface area (Å²) in [5, 5.41) is 10.5. The van der Waals surface area contributed by atoms with E-state index in [2.05, 4.69) is 27.7 Å². The molecule has 3 aromatic carbocycles. The van der Waals surface area contributed by atoms with Crippen molar-refractivity contribution in [1.29, 1.82) is 0 Å². The van der Waals surface area contributed by atoms with Crippen molar-refractivity contribution < 1.29 is 23.6 Å². The highest BCUT2D eigenvalue weighted by molar-refractivity contribution is 6.33. The summed E-state index contributed by atoms with van der Waals surface area (Å²) in [4.78, 5) is 57.4. The summed E-state index contributed by atoms with van der Waals surface area (Å²) in [5.74, 6) is -2.53. The van der Waals surface area contributed by atoms with E-state index >= 15 is 4.39 Å². The second-order valence-corrected chi connectivity index (χ2v) is 12.9. The fourth-order valence-electron chi connectivity index (χ4n) is 5.96. The highest BCUT2D eigenvalue weighted by atomic mass is 35.5. The standard InChI is InChI=1S/C35H40ClFN8O4/c1-21(2)44(19-30(46)40-28-11-7-9-25(32(28)37)24-8-5-6-10-27(24)36)31(47)20-45-29-13-12-22(18-26(29)33(41-45)34(38)48)39-35(49)43(4)23-14-16-42(3)17-15-23/h5-13,18,21,23H,14-17,19-20H2,1-4H3,(H2,38,48)(H,39,49)(H,40,46). The van der Waals surface area contributed by atoms with Crippen LogP contribution in [0.25, 0.3) is 22.0 Å². The van der Waals surface area contributed by atoms with E-state index in [0.29, 0.717) is 27.2 Å². The zero-order valence-corrected chi connectivity index (χ0v) is 28.6. The molecule has 0 radical (unpaired) electrons. The van der Waals surface area contributed by atoms with Gasteiger partial charge >= 0.3 is 6.03 Å². The summed E-state index contributed by atoms with van der Waals surface area (Å²) in [5.41, 5.74) is 7.12. The van der Waals surface area contributed by atoms with Crippen LogP contribution in [0.4, 0.5) is 20.6 Å². The van der Waals surface area contributed by atoms with E-state index in [0.717, 1.165) is 25.9 Å². The van der Waals surface area contributed by atoms with Crippen LogP contribution in [0.15, 0.2) is 60.7 Å². The SMILES string of the molecule is CC(C)N(CC(=O)Nc1cccc(-c2ccccc2Cl)c1F)C(=O)Cn1nc(C(N)=O)c2cc(NC(=O)N(C)C3CCN(C)CC3)ccc21. The van der Waals surface area contributed by atoms with Crippen molar-refractivity contribution in [3.05, 3.63) is 77.2 Å². The number of carbonyl (C=O) groups excluding carboxylic acids is 4. The Kier molecular flexibility index (Phi) is 10.8. The number of anilines is 2. The van der Waals surface area contributed by atoms with Crippen LogP contribution in [0.3, 0.4) is 0 Å². The first-order valence-electron chi connectivity index (χ1n) is 16.0. The van der Waals surface area contributed by atoms with Crippen molar-refractivity contribution in [2.75, 3.05) is 44.4 Å². The zero-order chi connectivity index (χ0) is 35.4. The van der Waals surface area contributed by atoms with Crippen molar-refractivity contribution in [3.63, 3.8) is 0 Å². The maximum Gasteiger partial charge on any atom is 0.321 e. The lowest BCUT2D eigenvalue weighted by Crippen LogP contribution is -2.46. The highest BCUT2D eigenvalue weighted by Crippen LogP contribution is 2.32. The number of carbonyl (C=O) groups is 4. The molecule has 14 heteroatoms. The number of rotatable bonds is 10. The van der Waals surface area contributed by atoms with Gasteiger partial charge in [-0.1, -0.05) is 41.9 Å². The van der Waals surface area contributed by atoms with Crippen molar-refractivity contribution in [3.8, 4) is 11.1 Å². The molecule has 1 aliphatic rings. The van der Waals surface area contributed by atoms with Crippen LogP contribution >= 0.6 is 11.6 Å². The third-order valence-electron chi connectivity index (χ3n) is 8.77. The molecule has 258 valence electrons. The molecular weight excluding hydrogens is 651 g/mol. The number of primary amides is 1. The summed E-state index contributed by atoms with van der Waals surface area (Å²) in [6, 6.07) is 15.7. The van der Waals surface area contributed by atoms with Crippen LogP contribution in [-0.4, -0.2) is 94.0 Å². The van der Waals surface area contributed by atoms with Gasteiger partial charge in [0.2, 0.25) is 11.8 Å². The van der Waals surface area contributed by atoms with Gasteiger partial charge in [-0.05, 0) is 77.2 Å². The first-order chi connectivity index (χ1) is 23.3. The van der Waals surface area contributed by atoms with E-state index in [1.165, 1.54) is 15.6 Å². The van der Waals surface area contributed by atoms with Crippen molar-refractivity contribution >= 4 is 57.6 Å². The Labute approximate surface area is 289 Å². The Morgan fingerprint density at radius 2 is 1.71 bits per heavy atom. The summed E-state index contributed by atoms with van der Waals surface area (Å²) in [6.07, 6.45) is 1.74. The van der Waals surface area contributed by atoms with Gasteiger partial charge in [0.05, 0.1) is 11.2 Å². The van der Waals surface area contributed by atoms with Crippen LogP contribution in [-0.2, 0) is 16.1 Å². The third-order valence-corrected chi connectivity index (χ3v) is 9.10. The van der Waals surface area contributed by atoms with Crippen LogP contribution in [0, 0.1) is 5.82 Å². The topological polar surface area (TPSA) is 146 Å². The van der Waals surface area contributed by atoms with E-state index in [-0.39, 0.29) is 42.1 Å². The summed E-state index contributed by atoms with van der Waals surface area (Å²) >= 11 is 6.27. The molecule has 1 fully saturated rings. The Morgan fingerprint density at radius 1 is 1.02 bits per heavy atom. The number of nitrogens with two attached hydrogens (primary N) is 1. The fourth-order valence-corrected chi connectivity index (χ4v) is 6.20. The minimum absolute atomic E-state index is 0.0526. The fraction of sp³-hybridized carbons (Fsp3) is 0.343. The molecule has 5 amide bonds. The molecule has 4 N–H and O–H groups in total. The number of halogens is 2. The molecule has 0 saturated carbocycles. The van der Waals surface area contributed by atoms with Crippen molar-refractivity contribution in [2.24, 2.45) is 5.73 Å². The maximum atomic E-state index is 15.5. The van der Waals surface area contributed by atoms with E-state index < -0.39 is 29.6 Å². The lowest BCUT2D eigenvalue weighted by Gasteiger charge is -2.35. The number of benzene rings is 3. The average molecular weight is 691 g/mol. The Balaban J connectivity index is 1.30. The predicted molar refractivity (Wildman–Crippen MR) is 188 cm³/mol. The number of hydrogen-bond donors (Lipinski definition) is 3. The van der Waals surface area contributed by atoms with E-state index in [1.807, 2.05) is 0 Å². The lowest BCUT2D eigenvalue weighted by atomic mass is 10.0. The number of nitrogens with one attached hydrogen (secondary N) is 2. The van der Waals surface area contributed by atoms with Crippen LogP contribution in [0.1, 0.15) is 37.2 Å². The predicted octanol–water partition coefficient (Wildman–Crippen LogP) is 5.03. The van der Waals surface area contributed by atoms with Crippen LogP contribution < -0.4 is 16.4 Å². The molecule has 12 nitrogen and oxygen atoms in total. The molecule has 0 aliphatic carbocycles. The second kappa shape index (κ2) is 15.0. The minimum Gasteiger partial charge on any atom is -0.364 e. The zero-order valence-electron chi connectivity index (χ0n) is 27.9. The summed E-state index contributed by atoms with van der Waals surface area (Å²) < 4.78 is 16.8. The van der Waals surface area contributed by atoms with E-state index in [4.69, 9.17) is 17.3 Å². The molecule has 2 heterocycles. The van der Waals surface area contributed by atoms with Gasteiger partial charge < -0.3 is 31.1 Å². The van der Waals surface area contributed by atoms with Gasteiger partial charge in [-0.15, -0.1) is 0 Å². The highest BCUT2D eigenvalue weighted by Gasteiger charge is 2.26. The van der Waals surface area contributed by atoms with Crippen molar-refractivity contribution in [2.45, 2.75) is 45.3 Å². The first kappa shape index (κ1) is 35.3. The summed E-state index contributed by atoms with van der Waals surface area (Å²) in [6.45, 7) is 4.63. The average Bonchev–Trinajstić information content (AvgIpc) is 3.42. The number of urea groups is 1. The number of hydrogen-bond acceptors (Lipinski definition) is 6. The van der Waals surface area contributed by atoms with Gasteiger partial charge in [0.25, 0.3) is 5.91 Å². The third kappa shape index (κ3) is 8.01. The van der Waals surface area contributed by atoms with Gasteiger partial charge in [0, 0.05) is 46.4 Å². The molecule has 1 aromatic heterocycles. The number of fused-ring (bicyclic) bond motifs is 1. The van der Waals surface area contributed by atoms with Gasteiger partial charge in [0.1, 0.15) is 13.1 Å². The number of likely N-dealkylation sites (tertiary alicyclic amines) is 1. The van der Waals surface area contributed by atoms with Crippen LogP contribution in [0.2, 0.25) is 5.02 Å². The second-order valence-electron chi connectivity index (χ2n) is 12.5. The summed E-state index contributed by atoms with van der Waals surface area (Å²) in [7, 11) is 3.82. The molecule has 5 rings (SSSR count). The number of piperidine rings is 1. The molecule has 49 heavy (non-hydrogen) atoms. The van der Waals surface area contributed by atoms with Gasteiger partial charge in [-0.3, -0.25) is 19.1 Å². The monoisotopic (exact) mass is 690 g/mol. The van der Waals surface area contributed by atoms with Crippen molar-refractivity contribution in [1.82, 2.24) is 24.5 Å². The number of nitrogens with zero attached hydrogens (tertiary/aromatic N) is 5. The minimum atomic E-state index is -0.802.